The minimum atomic E-state index is -3.77. The number of nitrogens with zero attached hydrogens (tertiary/aromatic N) is 2. The van der Waals surface area contributed by atoms with E-state index < -0.39 is 15.9 Å². The molecule has 0 aromatic heterocycles. The number of rotatable bonds is 8. The number of nitrogens with one attached hydrogen (secondary N) is 1. The summed E-state index contributed by atoms with van der Waals surface area (Å²) < 4.78 is 40.0. The van der Waals surface area contributed by atoms with Crippen molar-refractivity contribution in [3.63, 3.8) is 0 Å². The highest BCUT2D eigenvalue weighted by Crippen LogP contribution is 2.19. The van der Waals surface area contributed by atoms with E-state index in [-0.39, 0.29) is 29.8 Å². The number of amides is 1. The fourth-order valence-corrected chi connectivity index (χ4v) is 4.13. The molecule has 0 spiro atoms. The maximum atomic E-state index is 13.5. The molecule has 29 heavy (non-hydrogen) atoms. The van der Waals surface area contributed by atoms with Crippen LogP contribution in [0.4, 0.5) is 4.39 Å². The van der Waals surface area contributed by atoms with Crippen LogP contribution < -0.4 is 5.32 Å². The largest absolute Gasteiger partial charge is 0.353 e. The fraction of sp³-hybridized carbons (Fsp3) is 0.381. The summed E-state index contributed by atoms with van der Waals surface area (Å²) in [5.74, 6) is -0.775. The summed E-state index contributed by atoms with van der Waals surface area (Å²) in [5, 5.41) is 2.75. The first-order valence-electron chi connectivity index (χ1n) is 9.24. The predicted octanol–water partition coefficient (Wildman–Crippen LogP) is 2.48. The van der Waals surface area contributed by atoms with Gasteiger partial charge in [-0.3, -0.25) is 4.79 Å². The van der Waals surface area contributed by atoms with Gasteiger partial charge in [-0.25, -0.2) is 12.8 Å². The molecule has 0 aliphatic heterocycles. The number of aryl methyl sites for hydroxylation is 2. The van der Waals surface area contributed by atoms with E-state index in [0.717, 1.165) is 21.0 Å². The zero-order valence-corrected chi connectivity index (χ0v) is 18.3. The standard InChI is InChI=1S/C21H28FN3O3S/c1-15-9-10-19(11-16(15)2)29(27,28)25(5)14-21(26)23-13-20(24(3)4)17-7-6-8-18(22)12-17/h6-12,20H,13-14H2,1-5H3,(H,23,26). The van der Waals surface area contributed by atoms with Gasteiger partial charge in [-0.2, -0.15) is 4.31 Å². The molecule has 158 valence electrons. The van der Waals surface area contributed by atoms with Crippen molar-refractivity contribution in [3.05, 3.63) is 65.0 Å². The highest BCUT2D eigenvalue weighted by Gasteiger charge is 2.24. The molecule has 1 unspecified atom stereocenters. The Balaban J connectivity index is 2.04. The van der Waals surface area contributed by atoms with Crippen LogP contribution in [-0.2, 0) is 14.8 Å². The number of carbonyl (C=O) groups is 1. The molecular weight excluding hydrogens is 393 g/mol. The Hall–Kier alpha value is -2.29. The van der Waals surface area contributed by atoms with E-state index in [9.17, 15) is 17.6 Å². The van der Waals surface area contributed by atoms with Crippen LogP contribution in [0.15, 0.2) is 47.4 Å². The van der Waals surface area contributed by atoms with E-state index in [1.54, 1.807) is 24.3 Å². The van der Waals surface area contributed by atoms with Crippen LogP contribution in [0.1, 0.15) is 22.7 Å². The zero-order valence-electron chi connectivity index (χ0n) is 17.4. The molecule has 0 saturated carbocycles. The minimum Gasteiger partial charge on any atom is -0.353 e. The third-order valence-electron chi connectivity index (χ3n) is 4.90. The lowest BCUT2D eigenvalue weighted by atomic mass is 10.1. The highest BCUT2D eigenvalue weighted by molar-refractivity contribution is 7.89. The van der Waals surface area contributed by atoms with E-state index in [1.807, 2.05) is 32.8 Å². The van der Waals surface area contributed by atoms with Crippen LogP contribution in [0.3, 0.4) is 0 Å². The molecule has 0 aliphatic carbocycles. The van der Waals surface area contributed by atoms with Gasteiger partial charge >= 0.3 is 0 Å². The average molecular weight is 422 g/mol. The summed E-state index contributed by atoms with van der Waals surface area (Å²) >= 11 is 0. The van der Waals surface area contributed by atoms with Crippen LogP contribution in [0, 0.1) is 19.7 Å². The van der Waals surface area contributed by atoms with E-state index in [1.165, 1.54) is 25.2 Å². The first-order valence-corrected chi connectivity index (χ1v) is 10.7. The number of hydrogen-bond donors (Lipinski definition) is 1. The van der Waals surface area contributed by atoms with E-state index >= 15 is 0 Å². The molecule has 2 aromatic carbocycles. The van der Waals surface area contributed by atoms with Gasteiger partial charge in [-0.05, 0) is 68.9 Å². The van der Waals surface area contributed by atoms with Gasteiger partial charge in [0, 0.05) is 13.6 Å². The topological polar surface area (TPSA) is 69.7 Å². The number of halogens is 1. The number of sulfonamides is 1. The number of carbonyl (C=O) groups excluding carboxylic acids is 1. The normalized spacial score (nSPS) is 13.0. The third kappa shape index (κ3) is 5.85. The van der Waals surface area contributed by atoms with Crippen LogP contribution in [0.2, 0.25) is 0 Å². The Morgan fingerprint density at radius 2 is 1.76 bits per heavy atom. The van der Waals surface area contributed by atoms with Crippen molar-refractivity contribution in [2.24, 2.45) is 0 Å². The lowest BCUT2D eigenvalue weighted by Crippen LogP contribution is -2.41. The van der Waals surface area contributed by atoms with Crippen LogP contribution in [0.5, 0.6) is 0 Å². The fourth-order valence-electron chi connectivity index (χ4n) is 2.92. The number of hydrogen-bond acceptors (Lipinski definition) is 4. The molecule has 2 rings (SSSR count). The van der Waals surface area contributed by atoms with Gasteiger partial charge < -0.3 is 10.2 Å². The molecule has 0 bridgehead atoms. The molecule has 0 aliphatic rings. The Labute approximate surface area is 172 Å². The first-order chi connectivity index (χ1) is 13.5. The smallest absolute Gasteiger partial charge is 0.243 e. The summed E-state index contributed by atoms with van der Waals surface area (Å²) in [7, 11) is 1.26. The second-order valence-electron chi connectivity index (χ2n) is 7.35. The molecule has 0 heterocycles. The molecule has 0 saturated heterocycles. The van der Waals surface area contributed by atoms with Crippen molar-refractivity contribution in [1.29, 1.82) is 0 Å². The molecule has 0 fully saturated rings. The van der Waals surface area contributed by atoms with E-state index in [2.05, 4.69) is 5.32 Å². The molecule has 8 heteroatoms. The minimum absolute atomic E-state index is 0.154. The Bertz CT molecular complexity index is 977. The highest BCUT2D eigenvalue weighted by atomic mass is 32.2. The second kappa shape index (κ2) is 9.47. The summed E-state index contributed by atoms with van der Waals surface area (Å²) in [6.45, 7) is 3.67. The molecule has 6 nitrogen and oxygen atoms in total. The molecule has 2 aromatic rings. The lowest BCUT2D eigenvalue weighted by molar-refractivity contribution is -0.121. The van der Waals surface area contributed by atoms with Gasteiger partial charge in [0.25, 0.3) is 0 Å². The quantitative estimate of drug-likeness (QED) is 0.711. The van der Waals surface area contributed by atoms with Crippen molar-refractivity contribution in [2.75, 3.05) is 34.2 Å². The van der Waals surface area contributed by atoms with Crippen molar-refractivity contribution in [3.8, 4) is 0 Å². The van der Waals surface area contributed by atoms with Crippen molar-refractivity contribution >= 4 is 15.9 Å². The van der Waals surface area contributed by atoms with Gasteiger partial charge in [0.1, 0.15) is 5.82 Å². The van der Waals surface area contributed by atoms with Crippen molar-refractivity contribution in [1.82, 2.24) is 14.5 Å². The average Bonchev–Trinajstić information content (AvgIpc) is 2.63. The van der Waals surface area contributed by atoms with Gasteiger partial charge in [0.15, 0.2) is 0 Å². The van der Waals surface area contributed by atoms with Crippen molar-refractivity contribution < 1.29 is 17.6 Å². The van der Waals surface area contributed by atoms with Crippen LogP contribution in [-0.4, -0.2) is 57.8 Å². The Morgan fingerprint density at radius 3 is 2.34 bits per heavy atom. The Morgan fingerprint density at radius 1 is 1.07 bits per heavy atom. The molecule has 1 N–H and O–H groups in total. The lowest BCUT2D eigenvalue weighted by Gasteiger charge is -2.25. The van der Waals surface area contributed by atoms with E-state index in [4.69, 9.17) is 0 Å². The maximum Gasteiger partial charge on any atom is 0.243 e. The van der Waals surface area contributed by atoms with E-state index in [0.29, 0.717) is 0 Å². The summed E-state index contributed by atoms with van der Waals surface area (Å²) in [6.07, 6.45) is 0. The predicted molar refractivity (Wildman–Crippen MR) is 112 cm³/mol. The number of likely N-dealkylation sites (N-methyl/N-ethyl adjacent to an activating group) is 2. The van der Waals surface area contributed by atoms with Gasteiger partial charge in [0.2, 0.25) is 15.9 Å². The number of benzene rings is 2. The van der Waals surface area contributed by atoms with Gasteiger partial charge in [-0.1, -0.05) is 18.2 Å². The van der Waals surface area contributed by atoms with Crippen LogP contribution >= 0.6 is 0 Å². The molecule has 0 radical (unpaired) electrons. The van der Waals surface area contributed by atoms with Gasteiger partial charge in [-0.15, -0.1) is 0 Å². The third-order valence-corrected chi connectivity index (χ3v) is 6.70. The van der Waals surface area contributed by atoms with Crippen LogP contribution in [0.25, 0.3) is 0 Å². The van der Waals surface area contributed by atoms with Gasteiger partial charge in [0.05, 0.1) is 17.5 Å². The first kappa shape index (κ1) is 23.0. The Kier molecular flexibility index (Phi) is 7.51. The summed E-state index contributed by atoms with van der Waals surface area (Å²) in [6, 6.07) is 10.8. The monoisotopic (exact) mass is 421 g/mol. The maximum absolute atomic E-state index is 13.5. The summed E-state index contributed by atoms with van der Waals surface area (Å²) in [4.78, 5) is 14.4. The molecule has 1 amide bonds. The summed E-state index contributed by atoms with van der Waals surface area (Å²) in [5.41, 5.74) is 2.59. The van der Waals surface area contributed by atoms with Crippen molar-refractivity contribution in [2.45, 2.75) is 24.8 Å². The molecule has 1 atom stereocenters. The second-order valence-corrected chi connectivity index (χ2v) is 9.39. The zero-order chi connectivity index (χ0) is 21.8. The SMILES string of the molecule is Cc1ccc(S(=O)(=O)N(C)CC(=O)NCC(c2cccc(F)c2)N(C)C)cc1C. The molecular formula is C21H28FN3O3S.